The van der Waals surface area contributed by atoms with Gasteiger partial charge in [0, 0.05) is 63.4 Å². The first kappa shape index (κ1) is 25.7. The number of hydrogen-bond donors (Lipinski definition) is 1. The Bertz CT molecular complexity index is 1480. The zero-order valence-electron chi connectivity index (χ0n) is 20.6. The topological polar surface area (TPSA) is 125 Å². The summed E-state index contributed by atoms with van der Waals surface area (Å²) < 4.78 is 28.0. The molecule has 1 saturated heterocycles. The number of hydrogen-bond acceptors (Lipinski definition) is 9. The number of morpholine rings is 1. The second-order valence-electron chi connectivity index (χ2n) is 8.72. The van der Waals surface area contributed by atoms with Crippen molar-refractivity contribution in [3.05, 3.63) is 64.4 Å². The van der Waals surface area contributed by atoms with E-state index in [1.807, 2.05) is 17.7 Å². The van der Waals surface area contributed by atoms with E-state index in [1.165, 1.54) is 23.5 Å². The molecule has 4 heterocycles. The Hall–Kier alpha value is -3.94. The molecule has 0 spiro atoms. The number of nitrogens with zero attached hydrogens (tertiary/aromatic N) is 5. The van der Waals surface area contributed by atoms with Gasteiger partial charge >= 0.3 is 0 Å². The quantitative estimate of drug-likeness (QED) is 0.253. The van der Waals surface area contributed by atoms with Crippen molar-refractivity contribution in [1.29, 1.82) is 0 Å². The maximum atomic E-state index is 14.4. The van der Waals surface area contributed by atoms with Gasteiger partial charge in [0.05, 0.1) is 45.7 Å². The van der Waals surface area contributed by atoms with Gasteiger partial charge in [-0.15, -0.1) is 11.3 Å². The fourth-order valence-corrected chi connectivity index (χ4v) is 5.25. The summed E-state index contributed by atoms with van der Waals surface area (Å²) in [6.07, 6.45) is 3.42. The molecule has 4 aromatic rings. The van der Waals surface area contributed by atoms with Crippen LogP contribution in [0, 0.1) is 15.9 Å². The molecule has 1 N–H and O–H groups in total. The van der Waals surface area contributed by atoms with Crippen molar-refractivity contribution in [2.75, 3.05) is 39.4 Å². The van der Waals surface area contributed by atoms with Crippen LogP contribution in [-0.2, 0) is 23.0 Å². The average molecular weight is 541 g/mol. The van der Waals surface area contributed by atoms with Crippen molar-refractivity contribution in [2.45, 2.75) is 6.42 Å². The largest absolute Gasteiger partial charge is 0.453 e. The van der Waals surface area contributed by atoms with Crippen LogP contribution in [0.1, 0.15) is 5.69 Å². The van der Waals surface area contributed by atoms with E-state index in [9.17, 15) is 19.3 Å². The van der Waals surface area contributed by atoms with Crippen LogP contribution in [0.15, 0.2) is 42.7 Å². The zero-order valence-corrected chi connectivity index (χ0v) is 21.4. The number of nitrogens with one attached hydrogen (secondary N) is 1. The number of benzene rings is 1. The van der Waals surface area contributed by atoms with Gasteiger partial charge in [0.2, 0.25) is 5.91 Å². The highest BCUT2D eigenvalue weighted by atomic mass is 32.1. The third-order valence-electron chi connectivity index (χ3n) is 6.22. The summed E-state index contributed by atoms with van der Waals surface area (Å²) in [6.45, 7) is 4.56. The van der Waals surface area contributed by atoms with Gasteiger partial charge in [0.1, 0.15) is 11.6 Å². The summed E-state index contributed by atoms with van der Waals surface area (Å²) in [5.74, 6) is -0.00819. The van der Waals surface area contributed by atoms with Crippen LogP contribution in [0.4, 0.5) is 10.1 Å². The second kappa shape index (κ2) is 11.2. The summed E-state index contributed by atoms with van der Waals surface area (Å²) in [5, 5.41) is 13.9. The van der Waals surface area contributed by atoms with E-state index in [2.05, 4.69) is 20.2 Å². The molecular weight excluding hydrogens is 515 g/mol. The molecule has 198 valence electrons. The van der Waals surface area contributed by atoms with E-state index < -0.39 is 10.7 Å². The summed E-state index contributed by atoms with van der Waals surface area (Å²) in [6, 6.07) is 6.69. The SMILES string of the molecule is Cn1c(CC(=O)NCCN2CCOCC2)cnc1-c1cc2nccc(Oc3ccc([N+](=O)[O-])cc3F)c2s1. The minimum absolute atomic E-state index is 0.0772. The van der Waals surface area contributed by atoms with Gasteiger partial charge < -0.3 is 19.4 Å². The maximum absolute atomic E-state index is 14.4. The fourth-order valence-electron chi connectivity index (χ4n) is 4.15. The average Bonchev–Trinajstić information content (AvgIpc) is 3.49. The number of non-ortho nitro benzene ring substituents is 1. The van der Waals surface area contributed by atoms with E-state index in [0.717, 1.165) is 49.5 Å². The van der Waals surface area contributed by atoms with Gasteiger partial charge in [-0.05, 0) is 12.1 Å². The number of carbonyl (C=O) groups excluding carboxylic acids is 1. The summed E-state index contributed by atoms with van der Waals surface area (Å²) in [7, 11) is 1.85. The third kappa shape index (κ3) is 5.64. The maximum Gasteiger partial charge on any atom is 0.272 e. The Morgan fingerprint density at radius 2 is 2.05 bits per heavy atom. The number of ether oxygens (including phenoxy) is 2. The standard InChI is InChI=1S/C25H25FN6O5S/c1-30-17(13-23(33)28-6-7-31-8-10-36-11-9-31)15-29-25(30)22-14-19-24(38-22)21(4-5-27-19)37-20-3-2-16(32(34)35)12-18(20)26/h2-5,12,14-15H,6-11,13H2,1H3,(H,28,33). The summed E-state index contributed by atoms with van der Waals surface area (Å²) in [4.78, 5) is 34.7. The number of imidazole rings is 1. The van der Waals surface area contributed by atoms with Crippen LogP contribution >= 0.6 is 11.3 Å². The Kier molecular flexibility index (Phi) is 7.58. The normalized spacial score (nSPS) is 14.1. The molecule has 38 heavy (non-hydrogen) atoms. The number of thiophene rings is 1. The Morgan fingerprint density at radius 3 is 2.82 bits per heavy atom. The lowest BCUT2D eigenvalue weighted by molar-refractivity contribution is -0.385. The lowest BCUT2D eigenvalue weighted by Crippen LogP contribution is -2.41. The molecular formula is C25H25FN6O5S. The van der Waals surface area contributed by atoms with E-state index in [1.54, 1.807) is 18.5 Å². The lowest BCUT2D eigenvalue weighted by atomic mass is 10.3. The van der Waals surface area contributed by atoms with Crippen LogP contribution in [0.2, 0.25) is 0 Å². The highest BCUT2D eigenvalue weighted by Crippen LogP contribution is 2.39. The zero-order chi connectivity index (χ0) is 26.6. The van der Waals surface area contributed by atoms with Crippen molar-refractivity contribution in [3.8, 4) is 22.2 Å². The molecule has 0 bridgehead atoms. The number of amides is 1. The van der Waals surface area contributed by atoms with E-state index >= 15 is 0 Å². The fraction of sp³-hybridized carbons (Fsp3) is 0.320. The van der Waals surface area contributed by atoms with Crippen LogP contribution in [0.5, 0.6) is 11.5 Å². The highest BCUT2D eigenvalue weighted by molar-refractivity contribution is 7.22. The molecule has 0 atom stereocenters. The second-order valence-corrected chi connectivity index (χ2v) is 9.77. The smallest absolute Gasteiger partial charge is 0.272 e. The van der Waals surface area contributed by atoms with Gasteiger partial charge in [-0.2, -0.15) is 0 Å². The first-order valence-corrected chi connectivity index (χ1v) is 12.8. The van der Waals surface area contributed by atoms with Gasteiger partial charge in [0.25, 0.3) is 5.69 Å². The minimum atomic E-state index is -0.835. The number of carbonyl (C=O) groups is 1. The first-order valence-electron chi connectivity index (χ1n) is 12.0. The number of nitro benzene ring substituents is 1. The summed E-state index contributed by atoms with van der Waals surface area (Å²) in [5.41, 5.74) is 1.04. The molecule has 5 rings (SSSR count). The number of fused-ring (bicyclic) bond motifs is 1. The number of nitro groups is 1. The molecule has 1 amide bonds. The predicted octanol–water partition coefficient (Wildman–Crippen LogP) is 3.53. The molecule has 0 saturated carbocycles. The molecule has 1 aliphatic heterocycles. The molecule has 1 aliphatic rings. The Morgan fingerprint density at radius 1 is 1.24 bits per heavy atom. The molecule has 0 unspecified atom stereocenters. The predicted molar refractivity (Wildman–Crippen MR) is 139 cm³/mol. The van der Waals surface area contributed by atoms with E-state index in [-0.39, 0.29) is 23.8 Å². The minimum Gasteiger partial charge on any atom is -0.453 e. The number of rotatable bonds is 9. The van der Waals surface area contributed by atoms with Crippen LogP contribution in [0.25, 0.3) is 20.9 Å². The lowest BCUT2D eigenvalue weighted by Gasteiger charge is -2.26. The molecule has 3 aromatic heterocycles. The molecule has 11 nitrogen and oxygen atoms in total. The van der Waals surface area contributed by atoms with Gasteiger partial charge in [-0.25, -0.2) is 9.37 Å². The van der Waals surface area contributed by atoms with E-state index in [4.69, 9.17) is 9.47 Å². The Balaban J connectivity index is 1.28. The summed E-state index contributed by atoms with van der Waals surface area (Å²) >= 11 is 1.37. The first-order chi connectivity index (χ1) is 18.4. The molecule has 1 aromatic carbocycles. The van der Waals surface area contributed by atoms with Crippen molar-refractivity contribution in [1.82, 2.24) is 24.8 Å². The van der Waals surface area contributed by atoms with Crippen LogP contribution in [0.3, 0.4) is 0 Å². The monoisotopic (exact) mass is 540 g/mol. The third-order valence-corrected chi connectivity index (χ3v) is 7.36. The molecule has 0 aliphatic carbocycles. The van der Waals surface area contributed by atoms with Crippen molar-refractivity contribution >= 4 is 33.1 Å². The molecule has 13 heteroatoms. The number of halogens is 1. The van der Waals surface area contributed by atoms with Crippen molar-refractivity contribution < 1.29 is 23.6 Å². The number of pyridine rings is 1. The van der Waals surface area contributed by atoms with E-state index in [0.29, 0.717) is 28.3 Å². The van der Waals surface area contributed by atoms with Crippen molar-refractivity contribution in [2.24, 2.45) is 7.05 Å². The highest BCUT2D eigenvalue weighted by Gasteiger charge is 2.18. The van der Waals surface area contributed by atoms with Gasteiger partial charge in [0.15, 0.2) is 11.6 Å². The van der Waals surface area contributed by atoms with Crippen LogP contribution < -0.4 is 10.1 Å². The molecule has 1 fully saturated rings. The molecule has 0 radical (unpaired) electrons. The number of aromatic nitrogens is 3. The van der Waals surface area contributed by atoms with Crippen molar-refractivity contribution in [3.63, 3.8) is 0 Å². The van der Waals surface area contributed by atoms with Crippen LogP contribution in [-0.4, -0.2) is 69.7 Å². The van der Waals surface area contributed by atoms with Gasteiger partial charge in [-0.1, -0.05) is 0 Å². The Labute approximate surface area is 221 Å². The van der Waals surface area contributed by atoms with Gasteiger partial charge in [-0.3, -0.25) is 24.8 Å².